The summed E-state index contributed by atoms with van der Waals surface area (Å²) in [6.45, 7) is 1.85. The Labute approximate surface area is 168 Å². The van der Waals surface area contributed by atoms with Crippen molar-refractivity contribution in [1.29, 1.82) is 0 Å². The first-order chi connectivity index (χ1) is 13.9. The van der Waals surface area contributed by atoms with Crippen LogP contribution in [0.1, 0.15) is 32.6 Å². The molecule has 1 aromatic carbocycles. The van der Waals surface area contributed by atoms with Gasteiger partial charge in [-0.05, 0) is 32.3 Å². The van der Waals surface area contributed by atoms with Crippen molar-refractivity contribution in [3.05, 3.63) is 28.8 Å². The van der Waals surface area contributed by atoms with Gasteiger partial charge >= 0.3 is 5.97 Å². The summed E-state index contributed by atoms with van der Waals surface area (Å²) in [5.74, 6) is 0.183. The maximum Gasteiger partial charge on any atom is 0.306 e. The Morgan fingerprint density at radius 3 is 2.59 bits per heavy atom. The second-order valence-electron chi connectivity index (χ2n) is 6.99. The molecule has 1 heterocycles. The van der Waals surface area contributed by atoms with Crippen LogP contribution in [0.5, 0.6) is 11.5 Å². The van der Waals surface area contributed by atoms with Crippen LogP contribution < -0.4 is 20.3 Å². The number of rotatable bonds is 9. The summed E-state index contributed by atoms with van der Waals surface area (Å²) in [7, 11) is 3.01. The van der Waals surface area contributed by atoms with Crippen molar-refractivity contribution in [3.8, 4) is 11.5 Å². The molecule has 1 atom stereocenters. The number of ether oxygens (including phenoxy) is 3. The number of aryl methyl sites for hydroxylation is 1. The molecule has 0 spiro atoms. The molecule has 1 N–H and O–H groups in total. The van der Waals surface area contributed by atoms with Gasteiger partial charge in [0.05, 0.1) is 31.4 Å². The van der Waals surface area contributed by atoms with E-state index in [1.54, 1.807) is 19.1 Å². The maximum atomic E-state index is 12.7. The standard InChI is InChI=1S/C20H25N3O6/c1-12(19(25)22-13-6-7-13)29-18(24)5-4-8-23-11-21-15-10-17(28-3)16(27-2)9-14(15)20(23)26/h9-13H,4-8H2,1-3H3,(H,22,25). The minimum absolute atomic E-state index is 0.0947. The minimum atomic E-state index is -0.824. The number of amides is 1. The van der Waals surface area contributed by atoms with Gasteiger partial charge in [-0.15, -0.1) is 0 Å². The van der Waals surface area contributed by atoms with Crippen LogP contribution in [-0.4, -0.2) is 47.8 Å². The first-order valence-corrected chi connectivity index (χ1v) is 9.54. The number of benzene rings is 1. The predicted octanol–water partition coefficient (Wildman–Crippen LogP) is 1.40. The van der Waals surface area contributed by atoms with Crippen molar-refractivity contribution in [2.24, 2.45) is 0 Å². The highest BCUT2D eigenvalue weighted by Crippen LogP contribution is 2.29. The van der Waals surface area contributed by atoms with Crippen LogP contribution in [0.15, 0.2) is 23.3 Å². The molecule has 1 saturated carbocycles. The van der Waals surface area contributed by atoms with Gasteiger partial charge in [-0.2, -0.15) is 0 Å². The van der Waals surface area contributed by atoms with Crippen LogP contribution in [-0.2, 0) is 20.9 Å². The monoisotopic (exact) mass is 403 g/mol. The summed E-state index contributed by atoms with van der Waals surface area (Å²) in [6, 6.07) is 3.45. The molecule has 29 heavy (non-hydrogen) atoms. The van der Waals surface area contributed by atoms with Gasteiger partial charge in [0.2, 0.25) is 0 Å². The second-order valence-corrected chi connectivity index (χ2v) is 6.99. The molecule has 9 heteroatoms. The Bertz CT molecular complexity index is 967. The van der Waals surface area contributed by atoms with E-state index < -0.39 is 12.1 Å². The van der Waals surface area contributed by atoms with Crippen molar-refractivity contribution in [3.63, 3.8) is 0 Å². The van der Waals surface area contributed by atoms with E-state index in [9.17, 15) is 14.4 Å². The van der Waals surface area contributed by atoms with Gasteiger partial charge in [-0.1, -0.05) is 0 Å². The van der Waals surface area contributed by atoms with Crippen LogP contribution in [0.25, 0.3) is 10.9 Å². The number of methoxy groups -OCH3 is 2. The lowest BCUT2D eigenvalue weighted by Gasteiger charge is -2.13. The van der Waals surface area contributed by atoms with Gasteiger partial charge in [0.1, 0.15) is 0 Å². The summed E-state index contributed by atoms with van der Waals surface area (Å²) in [5, 5.41) is 3.19. The van der Waals surface area contributed by atoms with Crippen molar-refractivity contribution in [1.82, 2.24) is 14.9 Å². The molecule has 9 nitrogen and oxygen atoms in total. The lowest BCUT2D eigenvalue weighted by atomic mass is 10.2. The van der Waals surface area contributed by atoms with E-state index in [0.717, 1.165) is 12.8 Å². The molecule has 0 radical (unpaired) electrons. The van der Waals surface area contributed by atoms with Gasteiger partial charge in [-0.3, -0.25) is 19.0 Å². The second kappa shape index (κ2) is 8.93. The van der Waals surface area contributed by atoms with Gasteiger partial charge in [0, 0.05) is 25.1 Å². The first-order valence-electron chi connectivity index (χ1n) is 9.54. The normalized spacial score (nSPS) is 14.3. The molecule has 0 bridgehead atoms. The number of carbonyl (C=O) groups excluding carboxylic acids is 2. The van der Waals surface area contributed by atoms with Crippen LogP contribution in [0.2, 0.25) is 0 Å². The maximum absolute atomic E-state index is 12.7. The highest BCUT2D eigenvalue weighted by Gasteiger charge is 2.27. The molecule has 0 saturated heterocycles. The number of hydrogen-bond donors (Lipinski definition) is 1. The van der Waals surface area contributed by atoms with E-state index in [4.69, 9.17) is 14.2 Å². The number of nitrogens with one attached hydrogen (secondary N) is 1. The largest absolute Gasteiger partial charge is 0.493 e. The van der Waals surface area contributed by atoms with Crippen molar-refractivity contribution in [2.45, 2.75) is 51.3 Å². The number of hydrogen-bond acceptors (Lipinski definition) is 7. The summed E-state index contributed by atoms with van der Waals surface area (Å²) in [6.07, 6.45) is 3.04. The fourth-order valence-corrected chi connectivity index (χ4v) is 2.89. The molecule has 1 unspecified atom stereocenters. The molecule has 3 rings (SSSR count). The van der Waals surface area contributed by atoms with Crippen molar-refractivity contribution < 1.29 is 23.8 Å². The van der Waals surface area contributed by atoms with Gasteiger partial charge in [0.15, 0.2) is 17.6 Å². The van der Waals surface area contributed by atoms with E-state index in [1.807, 2.05) is 0 Å². The Morgan fingerprint density at radius 2 is 1.93 bits per heavy atom. The topological polar surface area (TPSA) is 109 Å². The summed E-state index contributed by atoms with van der Waals surface area (Å²) >= 11 is 0. The number of aromatic nitrogens is 2. The van der Waals surface area contributed by atoms with Crippen molar-refractivity contribution >= 4 is 22.8 Å². The van der Waals surface area contributed by atoms with Gasteiger partial charge in [0.25, 0.3) is 11.5 Å². The Balaban J connectivity index is 1.58. The molecule has 1 aromatic heterocycles. The number of nitrogens with zero attached hydrogens (tertiary/aromatic N) is 2. The quantitative estimate of drug-likeness (QED) is 0.631. The zero-order chi connectivity index (χ0) is 21.0. The molecule has 0 aliphatic heterocycles. The molecule has 1 aliphatic rings. The smallest absolute Gasteiger partial charge is 0.306 e. The van der Waals surface area contributed by atoms with Crippen molar-refractivity contribution in [2.75, 3.05) is 14.2 Å². The summed E-state index contributed by atoms with van der Waals surface area (Å²) in [5.41, 5.74) is 0.264. The third kappa shape index (κ3) is 5.04. The number of fused-ring (bicyclic) bond motifs is 1. The Hall–Kier alpha value is -3.10. The molecular formula is C20H25N3O6. The molecule has 1 aliphatic carbocycles. The fourth-order valence-electron chi connectivity index (χ4n) is 2.89. The van der Waals surface area contributed by atoms with E-state index in [0.29, 0.717) is 35.4 Å². The van der Waals surface area contributed by atoms with Crippen LogP contribution >= 0.6 is 0 Å². The van der Waals surface area contributed by atoms with E-state index in [2.05, 4.69) is 10.3 Å². The van der Waals surface area contributed by atoms with E-state index in [1.165, 1.54) is 25.1 Å². The zero-order valence-corrected chi connectivity index (χ0v) is 16.8. The van der Waals surface area contributed by atoms with Crippen LogP contribution in [0.4, 0.5) is 0 Å². The molecule has 1 fully saturated rings. The first kappa shape index (κ1) is 20.6. The molecule has 2 aromatic rings. The Kier molecular flexibility index (Phi) is 6.36. The molecule has 156 valence electrons. The minimum Gasteiger partial charge on any atom is -0.493 e. The lowest BCUT2D eigenvalue weighted by Crippen LogP contribution is -2.37. The van der Waals surface area contributed by atoms with E-state index >= 15 is 0 Å². The Morgan fingerprint density at radius 1 is 1.24 bits per heavy atom. The highest BCUT2D eigenvalue weighted by atomic mass is 16.5. The summed E-state index contributed by atoms with van der Waals surface area (Å²) in [4.78, 5) is 40.8. The average Bonchev–Trinajstić information content (AvgIpc) is 3.52. The molecular weight excluding hydrogens is 378 g/mol. The van der Waals surface area contributed by atoms with E-state index in [-0.39, 0.29) is 23.9 Å². The molecule has 1 amide bonds. The number of carbonyl (C=O) groups is 2. The SMILES string of the molecule is COc1cc2ncn(CCCC(=O)OC(C)C(=O)NC3CC3)c(=O)c2cc1OC. The van der Waals surface area contributed by atoms with Gasteiger partial charge in [-0.25, -0.2) is 4.98 Å². The van der Waals surface area contributed by atoms with Crippen LogP contribution in [0.3, 0.4) is 0 Å². The lowest BCUT2D eigenvalue weighted by molar-refractivity contribution is -0.155. The predicted molar refractivity (Wildman–Crippen MR) is 105 cm³/mol. The third-order valence-electron chi connectivity index (χ3n) is 4.71. The average molecular weight is 403 g/mol. The number of esters is 1. The summed E-state index contributed by atoms with van der Waals surface area (Å²) < 4.78 is 17.1. The van der Waals surface area contributed by atoms with Gasteiger partial charge < -0.3 is 19.5 Å². The fraction of sp³-hybridized carbons (Fsp3) is 0.500. The highest BCUT2D eigenvalue weighted by molar-refractivity contribution is 5.84. The van der Waals surface area contributed by atoms with Crippen LogP contribution in [0, 0.1) is 0 Å². The zero-order valence-electron chi connectivity index (χ0n) is 16.8. The third-order valence-corrected chi connectivity index (χ3v) is 4.71.